The van der Waals surface area contributed by atoms with Crippen molar-refractivity contribution in [3.05, 3.63) is 52.6 Å². The monoisotopic (exact) mass is 465 g/mol. The number of aryl methyl sites for hydroxylation is 1. The lowest BCUT2D eigenvalue weighted by Gasteiger charge is -2.14. The SMILES string of the molecule is CCOC(=O)c1c(C)[nH]c(C(=O)[C@@H](C)OC(=O)Cn2c(C(F)(F)F)nc3ccccc32)c1C. The second kappa shape index (κ2) is 9.08. The van der Waals surface area contributed by atoms with Gasteiger partial charge in [0.25, 0.3) is 0 Å². The van der Waals surface area contributed by atoms with Gasteiger partial charge >= 0.3 is 18.1 Å². The molecule has 11 heteroatoms. The number of Topliss-reactive ketones (excluding diaryl/α,β-unsaturated/α-hetero) is 1. The molecule has 1 N–H and O–H groups in total. The van der Waals surface area contributed by atoms with Crippen LogP contribution in [0, 0.1) is 13.8 Å². The average Bonchev–Trinajstić information content (AvgIpc) is 3.24. The van der Waals surface area contributed by atoms with Crippen LogP contribution in [0.1, 0.15) is 51.8 Å². The standard InChI is InChI=1S/C22H22F3N3O5/c1-5-32-20(31)17-11(2)18(26-12(17)3)19(30)13(4)33-16(29)10-28-15-9-7-6-8-14(15)27-21(28)22(23,24)25/h6-9,13,26H,5,10H2,1-4H3/t13-/m1/s1. The summed E-state index contributed by atoms with van der Waals surface area (Å²) in [5, 5.41) is 0. The number of carbonyl (C=O) groups excluding carboxylic acids is 3. The summed E-state index contributed by atoms with van der Waals surface area (Å²) in [7, 11) is 0. The molecule has 3 aromatic rings. The Morgan fingerprint density at radius 2 is 1.85 bits per heavy atom. The van der Waals surface area contributed by atoms with E-state index >= 15 is 0 Å². The lowest BCUT2D eigenvalue weighted by molar-refractivity contribution is -0.152. The fourth-order valence-corrected chi connectivity index (χ4v) is 3.58. The van der Waals surface area contributed by atoms with E-state index in [0.717, 1.165) is 0 Å². The molecule has 2 aromatic heterocycles. The number of H-pyrrole nitrogens is 1. The quantitative estimate of drug-likeness (QED) is 0.418. The number of aromatic amines is 1. The smallest absolute Gasteiger partial charge is 0.449 e. The molecule has 176 valence electrons. The number of hydrogen-bond donors (Lipinski definition) is 1. The summed E-state index contributed by atoms with van der Waals surface area (Å²) in [6, 6.07) is 5.86. The molecule has 0 fully saturated rings. The summed E-state index contributed by atoms with van der Waals surface area (Å²) in [5.74, 6) is -3.52. The molecule has 0 unspecified atom stereocenters. The van der Waals surface area contributed by atoms with Crippen LogP contribution in [-0.2, 0) is 27.0 Å². The molecule has 0 aliphatic carbocycles. The number of halogens is 3. The van der Waals surface area contributed by atoms with Crippen molar-refractivity contribution in [1.82, 2.24) is 14.5 Å². The summed E-state index contributed by atoms with van der Waals surface area (Å²) in [5.41, 5.74) is 1.19. The van der Waals surface area contributed by atoms with Crippen LogP contribution >= 0.6 is 0 Å². The lowest BCUT2D eigenvalue weighted by Crippen LogP contribution is -2.28. The van der Waals surface area contributed by atoms with Crippen LogP contribution in [0.25, 0.3) is 11.0 Å². The summed E-state index contributed by atoms with van der Waals surface area (Å²) < 4.78 is 51.1. The number of nitrogens with one attached hydrogen (secondary N) is 1. The van der Waals surface area contributed by atoms with Gasteiger partial charge in [0.15, 0.2) is 6.10 Å². The van der Waals surface area contributed by atoms with Gasteiger partial charge in [-0.2, -0.15) is 13.2 Å². The van der Waals surface area contributed by atoms with E-state index in [1.165, 1.54) is 31.2 Å². The molecule has 1 aromatic carbocycles. The van der Waals surface area contributed by atoms with Gasteiger partial charge in [-0.3, -0.25) is 9.59 Å². The van der Waals surface area contributed by atoms with E-state index in [0.29, 0.717) is 15.8 Å². The number of nitrogens with zero attached hydrogens (tertiary/aromatic N) is 2. The summed E-state index contributed by atoms with van der Waals surface area (Å²) in [6.45, 7) is 5.46. The van der Waals surface area contributed by atoms with Crippen molar-refractivity contribution >= 4 is 28.8 Å². The van der Waals surface area contributed by atoms with Gasteiger partial charge in [0.2, 0.25) is 11.6 Å². The van der Waals surface area contributed by atoms with E-state index in [2.05, 4.69) is 9.97 Å². The Bertz CT molecular complexity index is 1230. The third-order valence-corrected chi connectivity index (χ3v) is 5.04. The maximum Gasteiger partial charge on any atom is 0.449 e. The van der Waals surface area contributed by atoms with Crippen LogP contribution in [0.5, 0.6) is 0 Å². The molecule has 0 aliphatic heterocycles. The van der Waals surface area contributed by atoms with Crippen LogP contribution in [-0.4, -0.2) is 45.0 Å². The minimum atomic E-state index is -4.79. The third-order valence-electron chi connectivity index (χ3n) is 5.04. The predicted molar refractivity (Wildman–Crippen MR) is 111 cm³/mol. The number of fused-ring (bicyclic) bond motifs is 1. The van der Waals surface area contributed by atoms with Crippen LogP contribution in [0.2, 0.25) is 0 Å². The predicted octanol–water partition coefficient (Wildman–Crippen LogP) is 3.99. The molecule has 0 radical (unpaired) electrons. The largest absolute Gasteiger partial charge is 0.462 e. The molecular weight excluding hydrogens is 443 g/mol. The second-order valence-electron chi connectivity index (χ2n) is 7.35. The van der Waals surface area contributed by atoms with Crippen molar-refractivity contribution in [3.8, 4) is 0 Å². The van der Waals surface area contributed by atoms with Gasteiger partial charge in [-0.15, -0.1) is 0 Å². The molecule has 3 rings (SSSR count). The average molecular weight is 465 g/mol. The fourth-order valence-electron chi connectivity index (χ4n) is 3.58. The summed E-state index contributed by atoms with van der Waals surface area (Å²) in [4.78, 5) is 43.8. The number of carbonyl (C=O) groups is 3. The first-order valence-corrected chi connectivity index (χ1v) is 10.1. The van der Waals surface area contributed by atoms with Crippen LogP contribution < -0.4 is 0 Å². The topological polar surface area (TPSA) is 103 Å². The molecule has 0 bridgehead atoms. The van der Waals surface area contributed by atoms with Crippen molar-refractivity contribution in [3.63, 3.8) is 0 Å². The van der Waals surface area contributed by atoms with Gasteiger partial charge in [0, 0.05) is 5.69 Å². The highest BCUT2D eigenvalue weighted by Gasteiger charge is 2.38. The van der Waals surface area contributed by atoms with Crippen molar-refractivity contribution in [1.29, 1.82) is 0 Å². The van der Waals surface area contributed by atoms with Gasteiger partial charge in [-0.1, -0.05) is 12.1 Å². The molecule has 0 amide bonds. The maximum absolute atomic E-state index is 13.4. The lowest BCUT2D eigenvalue weighted by atomic mass is 10.1. The number of aromatic nitrogens is 3. The fraction of sp³-hybridized carbons (Fsp3) is 0.364. The molecule has 2 heterocycles. The Balaban J connectivity index is 1.81. The number of alkyl halides is 3. The highest BCUT2D eigenvalue weighted by molar-refractivity contribution is 6.04. The molecule has 0 aliphatic rings. The Labute approximate surface area is 186 Å². The molecule has 8 nitrogen and oxygen atoms in total. The van der Waals surface area contributed by atoms with Gasteiger partial charge in [0.05, 0.1) is 28.9 Å². The van der Waals surface area contributed by atoms with E-state index in [-0.39, 0.29) is 28.9 Å². The summed E-state index contributed by atoms with van der Waals surface area (Å²) >= 11 is 0. The number of rotatable bonds is 7. The van der Waals surface area contributed by atoms with E-state index in [1.807, 2.05) is 0 Å². The Kier molecular flexibility index (Phi) is 6.61. The minimum Gasteiger partial charge on any atom is -0.462 e. The number of benzene rings is 1. The first-order valence-electron chi connectivity index (χ1n) is 10.1. The Morgan fingerprint density at radius 3 is 2.48 bits per heavy atom. The van der Waals surface area contributed by atoms with Crippen molar-refractivity contribution in [2.75, 3.05) is 6.61 Å². The molecule has 0 saturated carbocycles. The first kappa shape index (κ1) is 24.0. The van der Waals surface area contributed by atoms with E-state index in [4.69, 9.17) is 9.47 Å². The van der Waals surface area contributed by atoms with Crippen LogP contribution in [0.15, 0.2) is 24.3 Å². The number of ketones is 1. The number of para-hydroxylation sites is 2. The van der Waals surface area contributed by atoms with Crippen molar-refractivity contribution in [2.24, 2.45) is 0 Å². The third kappa shape index (κ3) is 4.76. The van der Waals surface area contributed by atoms with Gasteiger partial charge < -0.3 is 19.0 Å². The van der Waals surface area contributed by atoms with Crippen LogP contribution in [0.4, 0.5) is 13.2 Å². The van der Waals surface area contributed by atoms with Crippen molar-refractivity contribution < 1.29 is 37.0 Å². The molecule has 0 saturated heterocycles. The number of ether oxygens (including phenoxy) is 2. The zero-order chi connectivity index (χ0) is 24.5. The Hall–Kier alpha value is -3.63. The zero-order valence-electron chi connectivity index (χ0n) is 18.4. The second-order valence-corrected chi connectivity index (χ2v) is 7.35. The van der Waals surface area contributed by atoms with Crippen molar-refractivity contribution in [2.45, 2.75) is 46.5 Å². The number of esters is 2. The molecule has 33 heavy (non-hydrogen) atoms. The number of imidazole rings is 1. The van der Waals surface area contributed by atoms with Crippen LogP contribution in [0.3, 0.4) is 0 Å². The molecule has 1 atom stereocenters. The van der Waals surface area contributed by atoms with E-state index in [1.54, 1.807) is 20.8 Å². The van der Waals surface area contributed by atoms with Gasteiger partial charge in [0.1, 0.15) is 6.54 Å². The zero-order valence-corrected chi connectivity index (χ0v) is 18.4. The van der Waals surface area contributed by atoms with E-state index < -0.39 is 42.4 Å². The highest BCUT2D eigenvalue weighted by atomic mass is 19.4. The van der Waals surface area contributed by atoms with Gasteiger partial charge in [-0.05, 0) is 45.4 Å². The normalized spacial score (nSPS) is 12.6. The summed E-state index contributed by atoms with van der Waals surface area (Å²) in [6.07, 6.45) is -6.10. The minimum absolute atomic E-state index is 0.0555. The first-order chi connectivity index (χ1) is 15.5. The molecular formula is C22H22F3N3O5. The Morgan fingerprint density at radius 1 is 1.18 bits per heavy atom. The van der Waals surface area contributed by atoms with E-state index in [9.17, 15) is 27.6 Å². The maximum atomic E-state index is 13.4. The number of hydrogen-bond acceptors (Lipinski definition) is 6. The van der Waals surface area contributed by atoms with Gasteiger partial charge in [-0.25, -0.2) is 9.78 Å². The highest BCUT2D eigenvalue weighted by Crippen LogP contribution is 2.31. The molecule has 0 spiro atoms.